The van der Waals surface area contributed by atoms with Crippen molar-refractivity contribution in [2.45, 2.75) is 25.3 Å². The highest BCUT2D eigenvalue weighted by Gasteiger charge is 2.20. The van der Waals surface area contributed by atoms with E-state index in [9.17, 15) is 8.42 Å². The van der Waals surface area contributed by atoms with E-state index in [2.05, 4.69) is 4.98 Å². The molecule has 0 aliphatic heterocycles. The van der Waals surface area contributed by atoms with Crippen molar-refractivity contribution in [3.8, 4) is 0 Å². The molecule has 0 aliphatic carbocycles. The van der Waals surface area contributed by atoms with Crippen LogP contribution < -0.4 is 0 Å². The fourth-order valence-corrected chi connectivity index (χ4v) is 2.73. The van der Waals surface area contributed by atoms with Crippen LogP contribution in [0, 0.1) is 6.92 Å². The summed E-state index contributed by atoms with van der Waals surface area (Å²) < 4.78 is 24.6. The third-order valence-electron chi connectivity index (χ3n) is 2.44. The second kappa shape index (κ2) is 3.75. The average molecular weight is 259 g/mol. The normalized spacial score (nSPS) is 12.2. The maximum Gasteiger partial charge on any atom is 0.280 e. The largest absolute Gasteiger partial charge is 0.300 e. The van der Waals surface area contributed by atoms with Gasteiger partial charge in [0.15, 0.2) is 5.03 Å². The highest BCUT2D eigenvalue weighted by Crippen LogP contribution is 2.23. The topological polar surface area (TPSA) is 51.4 Å². The molecule has 6 heteroatoms. The molecule has 2 heterocycles. The lowest BCUT2D eigenvalue weighted by Crippen LogP contribution is -1.95. The average Bonchev–Trinajstić information content (AvgIpc) is 2.57. The van der Waals surface area contributed by atoms with Crippen LogP contribution in [0.1, 0.15) is 18.4 Å². The van der Waals surface area contributed by atoms with Gasteiger partial charge in [0.1, 0.15) is 5.82 Å². The molecule has 0 radical (unpaired) electrons. The molecule has 86 valence electrons. The Morgan fingerprint density at radius 1 is 1.44 bits per heavy atom. The van der Waals surface area contributed by atoms with Crippen molar-refractivity contribution in [2.75, 3.05) is 0 Å². The molecule has 0 aromatic carbocycles. The summed E-state index contributed by atoms with van der Waals surface area (Å²) in [5.41, 5.74) is 1.47. The number of nitrogens with zero attached hydrogens (tertiary/aromatic N) is 2. The van der Waals surface area contributed by atoms with Gasteiger partial charge in [-0.3, -0.25) is 4.40 Å². The summed E-state index contributed by atoms with van der Waals surface area (Å²) in [5, 5.41) is -0.0604. The molecule has 16 heavy (non-hydrogen) atoms. The minimum absolute atomic E-state index is 0.0604. The van der Waals surface area contributed by atoms with Gasteiger partial charge < -0.3 is 0 Å². The molecule has 0 aliphatic rings. The van der Waals surface area contributed by atoms with Crippen molar-refractivity contribution in [2.24, 2.45) is 0 Å². The Bertz CT molecular complexity index is 646. The van der Waals surface area contributed by atoms with E-state index in [0.717, 1.165) is 5.69 Å². The Morgan fingerprint density at radius 3 is 2.69 bits per heavy atom. The highest BCUT2D eigenvalue weighted by molar-refractivity contribution is 8.13. The van der Waals surface area contributed by atoms with Crippen LogP contribution in [0.4, 0.5) is 0 Å². The van der Waals surface area contributed by atoms with Gasteiger partial charge >= 0.3 is 0 Å². The fourth-order valence-electron chi connectivity index (χ4n) is 1.77. The Hall–Kier alpha value is -1.07. The Balaban J connectivity index is 2.95. The van der Waals surface area contributed by atoms with Gasteiger partial charge in [0.25, 0.3) is 9.05 Å². The van der Waals surface area contributed by atoms with Gasteiger partial charge in [-0.2, -0.15) is 0 Å². The summed E-state index contributed by atoms with van der Waals surface area (Å²) in [6, 6.07) is 5.39. The van der Waals surface area contributed by atoms with E-state index in [1.807, 2.05) is 24.3 Å². The van der Waals surface area contributed by atoms with E-state index >= 15 is 0 Å². The maximum absolute atomic E-state index is 11.4. The second-order valence-corrected chi connectivity index (χ2v) is 5.99. The number of aryl methyl sites for hydroxylation is 2. The van der Waals surface area contributed by atoms with E-state index in [0.29, 0.717) is 17.8 Å². The smallest absolute Gasteiger partial charge is 0.280 e. The fraction of sp³-hybridized carbons (Fsp3) is 0.300. The zero-order valence-electron chi connectivity index (χ0n) is 8.94. The predicted molar refractivity (Wildman–Crippen MR) is 62.3 cm³/mol. The van der Waals surface area contributed by atoms with Crippen LogP contribution in [-0.2, 0) is 15.5 Å². The molecule has 2 aromatic rings. The first-order chi connectivity index (χ1) is 7.45. The molecular weight excluding hydrogens is 248 g/mol. The second-order valence-electron chi connectivity index (χ2n) is 3.51. The molecule has 0 saturated carbocycles. The summed E-state index contributed by atoms with van der Waals surface area (Å²) in [6.45, 7) is 3.82. The van der Waals surface area contributed by atoms with Gasteiger partial charge in [-0.25, -0.2) is 13.4 Å². The zero-order valence-corrected chi connectivity index (χ0v) is 10.5. The molecule has 0 fully saturated rings. The molecular formula is C10H11ClN2O2S. The van der Waals surface area contributed by atoms with Gasteiger partial charge in [-0.15, -0.1) is 0 Å². The molecule has 2 aromatic heterocycles. The van der Waals surface area contributed by atoms with Crippen molar-refractivity contribution in [3.63, 3.8) is 0 Å². The first-order valence-corrected chi connectivity index (χ1v) is 7.17. The number of pyridine rings is 1. The Labute approximate surface area is 98.3 Å². The van der Waals surface area contributed by atoms with Crippen LogP contribution in [0.15, 0.2) is 23.2 Å². The number of hydrogen-bond donors (Lipinski definition) is 0. The Morgan fingerprint density at radius 2 is 2.12 bits per heavy atom. The van der Waals surface area contributed by atoms with Crippen LogP contribution in [0.25, 0.3) is 5.52 Å². The quantitative estimate of drug-likeness (QED) is 0.776. The minimum atomic E-state index is -3.80. The van der Waals surface area contributed by atoms with Crippen LogP contribution >= 0.6 is 10.7 Å². The van der Waals surface area contributed by atoms with Crippen molar-refractivity contribution >= 4 is 25.2 Å². The van der Waals surface area contributed by atoms with Crippen LogP contribution in [-0.4, -0.2) is 17.8 Å². The Kier molecular flexibility index (Phi) is 2.67. The first kappa shape index (κ1) is 11.4. The third kappa shape index (κ3) is 1.70. The maximum atomic E-state index is 11.4. The molecule has 0 spiro atoms. The van der Waals surface area contributed by atoms with E-state index < -0.39 is 9.05 Å². The summed E-state index contributed by atoms with van der Waals surface area (Å²) in [5.74, 6) is 0.701. The first-order valence-electron chi connectivity index (χ1n) is 4.86. The van der Waals surface area contributed by atoms with Gasteiger partial charge in [0.05, 0.1) is 5.52 Å². The molecule has 4 nitrogen and oxygen atoms in total. The van der Waals surface area contributed by atoms with Gasteiger partial charge in [-0.1, -0.05) is 13.0 Å². The number of fused-ring (bicyclic) bond motifs is 1. The van der Waals surface area contributed by atoms with Crippen LogP contribution in [0.5, 0.6) is 0 Å². The van der Waals surface area contributed by atoms with E-state index in [-0.39, 0.29) is 5.03 Å². The monoisotopic (exact) mass is 258 g/mol. The molecule has 2 rings (SSSR count). The van der Waals surface area contributed by atoms with Crippen molar-refractivity contribution in [3.05, 3.63) is 29.7 Å². The number of aromatic nitrogens is 2. The molecule has 0 saturated heterocycles. The molecule has 0 N–H and O–H groups in total. The van der Waals surface area contributed by atoms with Crippen molar-refractivity contribution < 1.29 is 8.42 Å². The lowest BCUT2D eigenvalue weighted by Gasteiger charge is -2.02. The van der Waals surface area contributed by atoms with Crippen molar-refractivity contribution in [1.29, 1.82) is 0 Å². The molecule has 0 bridgehead atoms. The van der Waals surface area contributed by atoms with Crippen LogP contribution in [0.2, 0.25) is 0 Å². The zero-order chi connectivity index (χ0) is 11.9. The van der Waals surface area contributed by atoms with Crippen LogP contribution in [0.3, 0.4) is 0 Å². The summed E-state index contributed by atoms with van der Waals surface area (Å²) in [4.78, 5) is 4.08. The van der Waals surface area contributed by atoms with E-state index in [1.165, 1.54) is 0 Å². The lowest BCUT2D eigenvalue weighted by atomic mass is 10.3. The number of halogens is 1. The van der Waals surface area contributed by atoms with Gasteiger partial charge in [0.2, 0.25) is 0 Å². The SMILES string of the molecule is CCc1nc(S(=O)(=O)Cl)c2cccc(C)n12. The highest BCUT2D eigenvalue weighted by atomic mass is 35.7. The van der Waals surface area contributed by atoms with Gasteiger partial charge in [-0.05, 0) is 19.1 Å². The minimum Gasteiger partial charge on any atom is -0.300 e. The van der Waals surface area contributed by atoms with Crippen molar-refractivity contribution in [1.82, 2.24) is 9.38 Å². The number of imidazole rings is 1. The molecule has 0 amide bonds. The van der Waals surface area contributed by atoms with E-state index in [4.69, 9.17) is 10.7 Å². The van der Waals surface area contributed by atoms with Gasteiger partial charge in [0, 0.05) is 22.8 Å². The third-order valence-corrected chi connectivity index (χ3v) is 3.64. The van der Waals surface area contributed by atoms with E-state index in [1.54, 1.807) is 12.1 Å². The molecule has 0 unspecified atom stereocenters. The lowest BCUT2D eigenvalue weighted by molar-refractivity contribution is 0.607. The number of hydrogen-bond acceptors (Lipinski definition) is 3. The summed E-state index contributed by atoms with van der Waals surface area (Å²) in [6.07, 6.45) is 0.651. The predicted octanol–water partition coefficient (Wildman–Crippen LogP) is 2.13. The number of rotatable bonds is 2. The molecule has 0 atom stereocenters. The summed E-state index contributed by atoms with van der Waals surface area (Å²) in [7, 11) is 1.56. The standard InChI is InChI=1S/C10H11ClN2O2S/c1-3-9-12-10(16(11,14)15)8-6-4-5-7(2)13(8)9/h4-6H,3H2,1-2H3. The summed E-state index contributed by atoms with van der Waals surface area (Å²) >= 11 is 0.